The summed E-state index contributed by atoms with van der Waals surface area (Å²) >= 11 is 0. The van der Waals surface area contributed by atoms with Crippen molar-refractivity contribution in [3.8, 4) is 11.3 Å². The largest absolute Gasteiger partial charge is 0.423 e. The van der Waals surface area contributed by atoms with E-state index in [0.29, 0.717) is 30.0 Å². The summed E-state index contributed by atoms with van der Waals surface area (Å²) in [5, 5.41) is 11.8. The van der Waals surface area contributed by atoms with Crippen molar-refractivity contribution in [1.82, 2.24) is 14.5 Å². The fraction of sp³-hybridized carbons (Fsp3) is 0.429. The topological polar surface area (TPSA) is 67.3 Å². The molecule has 9 rings (SSSR count). The molecule has 5 heterocycles. The van der Waals surface area contributed by atoms with Crippen LogP contribution in [0.3, 0.4) is 0 Å². The fourth-order valence-corrected chi connectivity index (χ4v) is 8.07. The highest BCUT2D eigenvalue weighted by atomic mass is 19.1. The van der Waals surface area contributed by atoms with Crippen molar-refractivity contribution in [2.75, 3.05) is 4.90 Å². The summed E-state index contributed by atoms with van der Waals surface area (Å²) in [6.07, 6.45) is 8.72. The standard InChI is InChI=1S/C28H27FN4O2/c29-20-5-3-4-19-23-14-30-15-32(23)22(26(19)20)10-25(34)28-11-16-8-17(12-28)33(18(9-16)13-28)27-31-21-6-1-2-7-24(21)35-27/h1-7,14-18,22,25,34H,8-13H2. The van der Waals surface area contributed by atoms with Gasteiger partial charge < -0.3 is 19.0 Å². The second-order valence-electron chi connectivity index (χ2n) is 11.1. The van der Waals surface area contributed by atoms with Crippen LogP contribution in [0.1, 0.15) is 50.1 Å². The van der Waals surface area contributed by atoms with Gasteiger partial charge in [0.15, 0.2) is 5.58 Å². The molecule has 4 aromatic rings. The SMILES string of the molecule is OC(CC1c2c(F)cccc2-c2cncn21)C12CC3CC(C1)N(c1nc4ccccc4o1)C(C3)C2. The van der Waals surface area contributed by atoms with Crippen LogP contribution in [0.5, 0.6) is 0 Å². The first-order valence-electron chi connectivity index (χ1n) is 12.7. The number of hydrogen-bond acceptors (Lipinski definition) is 5. The summed E-state index contributed by atoms with van der Waals surface area (Å²) in [5.41, 5.74) is 4.10. The number of oxazole rings is 1. The van der Waals surface area contributed by atoms with Gasteiger partial charge in [-0.05, 0) is 62.6 Å². The molecule has 4 unspecified atom stereocenters. The Kier molecular flexibility index (Phi) is 3.98. The summed E-state index contributed by atoms with van der Waals surface area (Å²) < 4.78 is 23.2. The first-order chi connectivity index (χ1) is 17.1. The summed E-state index contributed by atoms with van der Waals surface area (Å²) in [7, 11) is 0. The fourth-order valence-electron chi connectivity index (χ4n) is 8.07. The second kappa shape index (κ2) is 6.94. The van der Waals surface area contributed by atoms with Gasteiger partial charge in [-0.15, -0.1) is 0 Å². The molecule has 4 atom stereocenters. The van der Waals surface area contributed by atoms with Crippen LogP contribution in [0, 0.1) is 17.2 Å². The lowest BCUT2D eigenvalue weighted by Gasteiger charge is -2.62. The zero-order chi connectivity index (χ0) is 23.3. The lowest BCUT2D eigenvalue weighted by Crippen LogP contribution is -2.64. The van der Waals surface area contributed by atoms with E-state index in [1.807, 2.05) is 34.9 Å². The van der Waals surface area contributed by atoms with Crippen molar-refractivity contribution in [3.63, 3.8) is 0 Å². The normalized spacial score (nSPS) is 31.2. The molecule has 1 N–H and O–H groups in total. The highest BCUT2D eigenvalue weighted by Gasteiger charge is 2.58. The quantitative estimate of drug-likeness (QED) is 0.437. The Morgan fingerprint density at radius 1 is 1.09 bits per heavy atom. The molecule has 2 saturated heterocycles. The number of aliphatic hydroxyl groups excluding tert-OH is 1. The Balaban J connectivity index is 1.11. The maximum atomic E-state index is 15.0. The number of rotatable bonds is 4. The van der Waals surface area contributed by atoms with E-state index in [9.17, 15) is 9.50 Å². The van der Waals surface area contributed by atoms with Crippen LogP contribution in [0.25, 0.3) is 22.4 Å². The van der Waals surface area contributed by atoms with E-state index in [1.54, 1.807) is 18.6 Å². The number of benzene rings is 2. The van der Waals surface area contributed by atoms with Crippen LogP contribution in [-0.2, 0) is 0 Å². The molecule has 2 saturated carbocycles. The van der Waals surface area contributed by atoms with Crippen LogP contribution < -0.4 is 4.90 Å². The molecule has 7 heteroatoms. The molecule has 0 amide bonds. The molecule has 4 bridgehead atoms. The van der Waals surface area contributed by atoms with Crippen LogP contribution >= 0.6 is 0 Å². The number of aliphatic hydroxyl groups is 1. The molecule has 2 aromatic carbocycles. The Labute approximate surface area is 202 Å². The van der Waals surface area contributed by atoms with Crippen molar-refractivity contribution < 1.29 is 13.9 Å². The summed E-state index contributed by atoms with van der Waals surface area (Å²) in [4.78, 5) is 11.5. The van der Waals surface area contributed by atoms with Crippen LogP contribution in [0.15, 0.2) is 59.4 Å². The van der Waals surface area contributed by atoms with E-state index in [2.05, 4.69) is 9.88 Å². The maximum absolute atomic E-state index is 15.0. The third kappa shape index (κ3) is 2.73. The average molecular weight is 471 g/mol. The molecular weight excluding hydrogens is 443 g/mol. The van der Waals surface area contributed by atoms with Gasteiger partial charge in [-0.3, -0.25) is 0 Å². The average Bonchev–Trinajstić information content (AvgIpc) is 3.54. The third-order valence-corrected chi connectivity index (χ3v) is 9.30. The van der Waals surface area contributed by atoms with Gasteiger partial charge in [-0.25, -0.2) is 9.37 Å². The van der Waals surface area contributed by atoms with Crippen molar-refractivity contribution in [1.29, 1.82) is 0 Å². The second-order valence-corrected chi connectivity index (χ2v) is 11.1. The van der Waals surface area contributed by atoms with Gasteiger partial charge in [0.1, 0.15) is 11.3 Å². The summed E-state index contributed by atoms with van der Waals surface area (Å²) in [6, 6.07) is 14.3. The van der Waals surface area contributed by atoms with E-state index >= 15 is 0 Å². The molecule has 178 valence electrons. The molecule has 2 aliphatic carbocycles. The predicted molar refractivity (Wildman–Crippen MR) is 129 cm³/mol. The van der Waals surface area contributed by atoms with Crippen LogP contribution in [0.4, 0.5) is 10.4 Å². The van der Waals surface area contributed by atoms with Gasteiger partial charge in [0, 0.05) is 28.6 Å². The smallest absolute Gasteiger partial charge is 0.298 e. The lowest BCUT2D eigenvalue weighted by atomic mass is 9.53. The molecule has 0 spiro atoms. The number of halogens is 1. The molecule has 3 aliphatic heterocycles. The number of imidazole rings is 1. The Hall–Kier alpha value is -3.19. The number of para-hydroxylation sites is 2. The van der Waals surface area contributed by atoms with Crippen LogP contribution in [0.2, 0.25) is 0 Å². The number of anilines is 1. The maximum Gasteiger partial charge on any atom is 0.298 e. The molecule has 4 fully saturated rings. The van der Waals surface area contributed by atoms with Gasteiger partial charge in [0.25, 0.3) is 6.01 Å². The minimum absolute atomic E-state index is 0.145. The summed E-state index contributed by atoms with van der Waals surface area (Å²) in [6.45, 7) is 0. The van der Waals surface area contributed by atoms with Gasteiger partial charge in [-0.1, -0.05) is 24.3 Å². The Morgan fingerprint density at radius 3 is 2.74 bits per heavy atom. The number of hydrogen-bond donors (Lipinski definition) is 1. The van der Waals surface area contributed by atoms with Crippen molar-refractivity contribution >= 4 is 17.1 Å². The van der Waals surface area contributed by atoms with Gasteiger partial charge >= 0.3 is 0 Å². The first-order valence-corrected chi connectivity index (χ1v) is 12.7. The molecular formula is C28H27FN4O2. The van der Waals surface area contributed by atoms with Crippen molar-refractivity contribution in [2.24, 2.45) is 11.3 Å². The Morgan fingerprint density at radius 2 is 1.91 bits per heavy atom. The van der Waals surface area contributed by atoms with Crippen molar-refractivity contribution in [2.45, 2.75) is 62.8 Å². The number of piperidine rings is 2. The third-order valence-electron chi connectivity index (χ3n) is 9.30. The number of fused-ring (bicyclic) bond motifs is 4. The van der Waals surface area contributed by atoms with E-state index in [-0.39, 0.29) is 17.3 Å². The number of nitrogens with zero attached hydrogens (tertiary/aromatic N) is 4. The minimum atomic E-state index is -0.507. The number of aromatic nitrogens is 3. The highest BCUT2D eigenvalue weighted by Crippen LogP contribution is 2.59. The zero-order valence-electron chi connectivity index (χ0n) is 19.3. The molecule has 35 heavy (non-hydrogen) atoms. The predicted octanol–water partition coefficient (Wildman–Crippen LogP) is 5.32. The Bertz CT molecular complexity index is 1410. The molecule has 6 nitrogen and oxygen atoms in total. The summed E-state index contributed by atoms with van der Waals surface area (Å²) in [5.74, 6) is 0.412. The lowest BCUT2D eigenvalue weighted by molar-refractivity contribution is -0.0909. The van der Waals surface area contributed by atoms with E-state index in [1.165, 1.54) is 6.07 Å². The monoisotopic (exact) mass is 470 g/mol. The molecule has 2 aromatic heterocycles. The highest BCUT2D eigenvalue weighted by molar-refractivity contribution is 5.74. The van der Waals surface area contributed by atoms with Gasteiger partial charge in [0.2, 0.25) is 0 Å². The minimum Gasteiger partial charge on any atom is -0.423 e. The van der Waals surface area contributed by atoms with E-state index in [4.69, 9.17) is 9.40 Å². The van der Waals surface area contributed by atoms with E-state index in [0.717, 1.165) is 60.5 Å². The molecule has 5 aliphatic rings. The van der Waals surface area contributed by atoms with Crippen LogP contribution in [-0.4, -0.2) is 37.8 Å². The van der Waals surface area contributed by atoms with Gasteiger partial charge in [-0.2, -0.15) is 4.98 Å². The van der Waals surface area contributed by atoms with E-state index < -0.39 is 6.10 Å². The zero-order valence-corrected chi connectivity index (χ0v) is 19.3. The molecule has 0 radical (unpaired) electrons. The van der Waals surface area contributed by atoms with Gasteiger partial charge in [0.05, 0.1) is 30.4 Å². The van der Waals surface area contributed by atoms with Crippen molar-refractivity contribution in [3.05, 3.63) is 66.4 Å². The first kappa shape index (κ1) is 20.0.